The average molecular weight is 212 g/mol. The van der Waals surface area contributed by atoms with Crippen LogP contribution in [-0.2, 0) is 5.54 Å². The number of hydrogen-bond acceptors (Lipinski definition) is 2. The van der Waals surface area contributed by atoms with E-state index in [2.05, 4.69) is 0 Å². The second-order valence-electron chi connectivity index (χ2n) is 3.86. The van der Waals surface area contributed by atoms with Crippen molar-refractivity contribution in [2.45, 2.75) is 24.8 Å². The van der Waals surface area contributed by atoms with Gasteiger partial charge in [-0.05, 0) is 43.0 Å². The third-order valence-corrected chi connectivity index (χ3v) is 3.29. The van der Waals surface area contributed by atoms with Gasteiger partial charge in [-0.15, -0.1) is 0 Å². The quantitative estimate of drug-likeness (QED) is 0.817. The lowest BCUT2D eigenvalue weighted by Gasteiger charge is -2.39. The maximum atomic E-state index is 6.21. The Bertz CT molecular complexity index is 347. The van der Waals surface area contributed by atoms with Crippen LogP contribution in [0.2, 0.25) is 5.02 Å². The molecule has 2 rings (SSSR count). The van der Waals surface area contributed by atoms with Gasteiger partial charge in [-0.25, -0.2) is 0 Å². The highest BCUT2D eigenvalue weighted by Gasteiger charge is 2.36. The molecule has 2 nitrogen and oxygen atoms in total. The standard InChI is InChI=1S/C11H14ClNO/c1-14-8-3-4-10(12)9(7-8)11(13)5-2-6-11/h3-4,7H,2,5-6,13H2,1H3. The lowest BCUT2D eigenvalue weighted by molar-refractivity contribution is 0.253. The maximum absolute atomic E-state index is 6.21. The van der Waals surface area contributed by atoms with Crippen molar-refractivity contribution in [2.24, 2.45) is 5.73 Å². The molecular weight excluding hydrogens is 198 g/mol. The highest BCUT2D eigenvalue weighted by molar-refractivity contribution is 6.31. The summed E-state index contributed by atoms with van der Waals surface area (Å²) in [5.41, 5.74) is 7.01. The van der Waals surface area contributed by atoms with Crippen LogP contribution in [0.25, 0.3) is 0 Å². The van der Waals surface area contributed by atoms with E-state index >= 15 is 0 Å². The monoisotopic (exact) mass is 211 g/mol. The summed E-state index contributed by atoms with van der Waals surface area (Å²) in [6.45, 7) is 0. The topological polar surface area (TPSA) is 35.2 Å². The Balaban J connectivity index is 2.40. The third kappa shape index (κ3) is 1.49. The fraction of sp³-hybridized carbons (Fsp3) is 0.455. The van der Waals surface area contributed by atoms with E-state index in [4.69, 9.17) is 22.1 Å². The van der Waals surface area contributed by atoms with Gasteiger partial charge in [-0.1, -0.05) is 11.6 Å². The Morgan fingerprint density at radius 1 is 1.43 bits per heavy atom. The van der Waals surface area contributed by atoms with Gasteiger partial charge in [0, 0.05) is 10.6 Å². The van der Waals surface area contributed by atoms with Crippen LogP contribution in [-0.4, -0.2) is 7.11 Å². The molecule has 0 heterocycles. The molecule has 1 aromatic carbocycles. The number of benzene rings is 1. The van der Waals surface area contributed by atoms with Crippen molar-refractivity contribution in [3.63, 3.8) is 0 Å². The molecule has 0 unspecified atom stereocenters. The fourth-order valence-corrected chi connectivity index (χ4v) is 2.15. The van der Waals surface area contributed by atoms with Crippen molar-refractivity contribution in [2.75, 3.05) is 7.11 Å². The molecule has 0 spiro atoms. The van der Waals surface area contributed by atoms with Crippen LogP contribution in [0.1, 0.15) is 24.8 Å². The van der Waals surface area contributed by atoms with Crippen LogP contribution in [0.3, 0.4) is 0 Å². The number of halogens is 1. The molecule has 1 fully saturated rings. The summed E-state index contributed by atoms with van der Waals surface area (Å²) in [4.78, 5) is 0. The zero-order valence-electron chi connectivity index (χ0n) is 8.22. The lowest BCUT2D eigenvalue weighted by atomic mass is 9.73. The second kappa shape index (κ2) is 3.44. The SMILES string of the molecule is COc1ccc(Cl)c(C2(N)CCC2)c1. The molecule has 0 atom stereocenters. The first-order valence-electron chi connectivity index (χ1n) is 4.79. The van der Waals surface area contributed by atoms with Gasteiger partial charge >= 0.3 is 0 Å². The van der Waals surface area contributed by atoms with E-state index in [0.29, 0.717) is 0 Å². The van der Waals surface area contributed by atoms with E-state index in [-0.39, 0.29) is 5.54 Å². The van der Waals surface area contributed by atoms with Crippen LogP contribution in [0.4, 0.5) is 0 Å². The Hall–Kier alpha value is -0.730. The average Bonchev–Trinajstić information content (AvgIpc) is 2.15. The molecule has 1 aliphatic carbocycles. The Labute approximate surface area is 89.0 Å². The van der Waals surface area contributed by atoms with Crippen molar-refractivity contribution >= 4 is 11.6 Å². The number of methoxy groups -OCH3 is 1. The Morgan fingerprint density at radius 2 is 2.14 bits per heavy atom. The summed E-state index contributed by atoms with van der Waals surface area (Å²) in [5, 5.41) is 0.744. The molecule has 76 valence electrons. The summed E-state index contributed by atoms with van der Waals surface area (Å²) >= 11 is 6.11. The van der Waals surface area contributed by atoms with Gasteiger partial charge in [0.15, 0.2) is 0 Å². The molecule has 3 heteroatoms. The summed E-state index contributed by atoms with van der Waals surface area (Å²) in [6.07, 6.45) is 3.21. The number of rotatable bonds is 2. The van der Waals surface area contributed by atoms with E-state index in [1.807, 2.05) is 18.2 Å². The maximum Gasteiger partial charge on any atom is 0.119 e. The predicted octanol–water partition coefficient (Wildman–Crippen LogP) is 2.69. The molecule has 0 aliphatic heterocycles. The van der Waals surface area contributed by atoms with Crippen molar-refractivity contribution < 1.29 is 4.74 Å². The van der Waals surface area contributed by atoms with Crippen LogP contribution in [0, 0.1) is 0 Å². The van der Waals surface area contributed by atoms with Gasteiger partial charge in [-0.3, -0.25) is 0 Å². The van der Waals surface area contributed by atoms with Crippen molar-refractivity contribution in [1.29, 1.82) is 0 Å². The fourth-order valence-electron chi connectivity index (χ4n) is 1.84. The molecule has 1 aromatic rings. The minimum atomic E-state index is -0.217. The van der Waals surface area contributed by atoms with Gasteiger partial charge in [-0.2, -0.15) is 0 Å². The first-order valence-corrected chi connectivity index (χ1v) is 5.16. The van der Waals surface area contributed by atoms with Gasteiger partial charge in [0.05, 0.1) is 7.11 Å². The van der Waals surface area contributed by atoms with Gasteiger partial charge in [0.25, 0.3) is 0 Å². The molecule has 0 bridgehead atoms. The number of nitrogens with two attached hydrogens (primary N) is 1. The van der Waals surface area contributed by atoms with Crippen molar-refractivity contribution in [3.05, 3.63) is 28.8 Å². The molecule has 0 aromatic heterocycles. The number of ether oxygens (including phenoxy) is 1. The first-order chi connectivity index (χ1) is 6.65. The van der Waals surface area contributed by atoms with Crippen LogP contribution in [0.15, 0.2) is 18.2 Å². The minimum absolute atomic E-state index is 0.217. The molecule has 0 saturated heterocycles. The summed E-state index contributed by atoms with van der Waals surface area (Å²) < 4.78 is 5.16. The Morgan fingerprint density at radius 3 is 2.64 bits per heavy atom. The third-order valence-electron chi connectivity index (χ3n) is 2.96. The summed E-state index contributed by atoms with van der Waals surface area (Å²) in [5.74, 6) is 0.820. The zero-order valence-corrected chi connectivity index (χ0v) is 8.97. The van der Waals surface area contributed by atoms with Crippen molar-refractivity contribution in [1.82, 2.24) is 0 Å². The van der Waals surface area contributed by atoms with E-state index < -0.39 is 0 Å². The van der Waals surface area contributed by atoms with E-state index in [1.165, 1.54) is 6.42 Å². The minimum Gasteiger partial charge on any atom is -0.497 e. The lowest BCUT2D eigenvalue weighted by Crippen LogP contribution is -2.43. The molecule has 0 amide bonds. The molecule has 2 N–H and O–H groups in total. The summed E-state index contributed by atoms with van der Waals surface area (Å²) in [7, 11) is 1.65. The largest absolute Gasteiger partial charge is 0.497 e. The van der Waals surface area contributed by atoms with E-state index in [9.17, 15) is 0 Å². The van der Waals surface area contributed by atoms with Crippen LogP contribution < -0.4 is 10.5 Å². The van der Waals surface area contributed by atoms with Gasteiger partial charge < -0.3 is 10.5 Å². The molecule has 1 saturated carbocycles. The predicted molar refractivity (Wildman–Crippen MR) is 57.7 cm³/mol. The molecule has 14 heavy (non-hydrogen) atoms. The van der Waals surface area contributed by atoms with Crippen LogP contribution in [0.5, 0.6) is 5.75 Å². The zero-order chi connectivity index (χ0) is 10.2. The molecule has 0 radical (unpaired) electrons. The smallest absolute Gasteiger partial charge is 0.119 e. The first kappa shape index (κ1) is 9.81. The highest BCUT2D eigenvalue weighted by atomic mass is 35.5. The highest BCUT2D eigenvalue weighted by Crippen LogP contribution is 2.42. The number of hydrogen-bond donors (Lipinski definition) is 1. The second-order valence-corrected chi connectivity index (χ2v) is 4.26. The van der Waals surface area contributed by atoms with Gasteiger partial charge in [0.2, 0.25) is 0 Å². The summed E-state index contributed by atoms with van der Waals surface area (Å²) in [6, 6.07) is 5.65. The Kier molecular flexibility index (Phi) is 2.41. The molecule has 1 aliphatic rings. The molecular formula is C11H14ClNO. The van der Waals surface area contributed by atoms with Gasteiger partial charge in [0.1, 0.15) is 5.75 Å². The van der Waals surface area contributed by atoms with E-state index in [1.54, 1.807) is 7.11 Å². The van der Waals surface area contributed by atoms with Crippen LogP contribution >= 0.6 is 11.6 Å². The normalized spacial score (nSPS) is 18.8. The van der Waals surface area contributed by atoms with Crippen molar-refractivity contribution in [3.8, 4) is 5.75 Å². The van der Waals surface area contributed by atoms with E-state index in [0.717, 1.165) is 29.2 Å².